The maximum atomic E-state index is 12.7. The van der Waals surface area contributed by atoms with Crippen LogP contribution >= 0.6 is 0 Å². The van der Waals surface area contributed by atoms with E-state index in [1.165, 1.54) is 21.1 Å². The predicted octanol–water partition coefficient (Wildman–Crippen LogP) is 1.70. The number of ether oxygens (including phenoxy) is 3. The molecule has 2 fully saturated rings. The zero-order chi connectivity index (χ0) is 20.1. The highest BCUT2D eigenvalue weighted by atomic mass is 16.5. The minimum absolute atomic E-state index is 0.297. The summed E-state index contributed by atoms with van der Waals surface area (Å²) in [5.41, 5.74) is -3.65. The van der Waals surface area contributed by atoms with Crippen molar-refractivity contribution in [3.05, 3.63) is 0 Å². The molecular formula is C19H30O7. The summed E-state index contributed by atoms with van der Waals surface area (Å²) in [6.07, 6.45) is 0.105. The number of aliphatic hydroxyl groups is 1. The normalized spacial score (nSPS) is 41.1. The lowest BCUT2D eigenvalue weighted by atomic mass is 9.55. The largest absolute Gasteiger partial charge is 0.469 e. The molecule has 0 bridgehead atoms. The minimum atomic E-state index is -1.76. The number of fused-ring (bicyclic) bond motifs is 1. The standard InChI is InChI=1S/C19H30O7/c1-10-8-12(26-11(2)20)14-17(3,4)9-18(5,16(22)25-7)19(14,23)13(10)15(21)24-6/h10,12-14,23H,8-9H2,1-7H3/t10-,12+,13-,14+,18-,19-/m1/s1. The molecule has 7 nitrogen and oxygen atoms in total. The van der Waals surface area contributed by atoms with E-state index in [1.807, 2.05) is 13.8 Å². The number of carbonyl (C=O) groups is 3. The third-order valence-electron chi connectivity index (χ3n) is 6.44. The lowest BCUT2D eigenvalue weighted by molar-refractivity contribution is -0.224. The van der Waals surface area contributed by atoms with Crippen LogP contribution < -0.4 is 0 Å². The summed E-state index contributed by atoms with van der Waals surface area (Å²) in [6, 6.07) is 0. The number of hydrogen-bond acceptors (Lipinski definition) is 7. The third kappa shape index (κ3) is 2.71. The average Bonchev–Trinajstić information content (AvgIpc) is 2.68. The van der Waals surface area contributed by atoms with Gasteiger partial charge in [-0.1, -0.05) is 20.8 Å². The lowest BCUT2D eigenvalue weighted by Crippen LogP contribution is -2.66. The molecule has 2 aliphatic carbocycles. The number of methoxy groups -OCH3 is 2. The van der Waals surface area contributed by atoms with Gasteiger partial charge in [0.25, 0.3) is 0 Å². The maximum absolute atomic E-state index is 12.7. The van der Waals surface area contributed by atoms with E-state index in [4.69, 9.17) is 14.2 Å². The van der Waals surface area contributed by atoms with Gasteiger partial charge in [0.2, 0.25) is 0 Å². The van der Waals surface area contributed by atoms with Gasteiger partial charge in [0.05, 0.1) is 25.6 Å². The molecule has 7 heteroatoms. The summed E-state index contributed by atoms with van der Waals surface area (Å²) < 4.78 is 15.5. The van der Waals surface area contributed by atoms with Crippen molar-refractivity contribution in [3.8, 4) is 0 Å². The lowest BCUT2D eigenvalue weighted by Gasteiger charge is -2.53. The molecule has 0 aliphatic heterocycles. The van der Waals surface area contributed by atoms with E-state index >= 15 is 0 Å². The fourth-order valence-electron chi connectivity index (χ4n) is 5.83. The highest BCUT2D eigenvalue weighted by molar-refractivity contribution is 5.83. The minimum Gasteiger partial charge on any atom is -0.469 e. The zero-order valence-corrected chi connectivity index (χ0v) is 16.6. The van der Waals surface area contributed by atoms with Crippen LogP contribution in [0.3, 0.4) is 0 Å². The van der Waals surface area contributed by atoms with Crippen molar-refractivity contribution in [2.24, 2.45) is 28.6 Å². The van der Waals surface area contributed by atoms with Gasteiger partial charge in [-0.05, 0) is 31.1 Å². The van der Waals surface area contributed by atoms with E-state index < -0.39 is 52.3 Å². The van der Waals surface area contributed by atoms with Crippen molar-refractivity contribution >= 4 is 17.9 Å². The van der Waals surface area contributed by atoms with E-state index in [0.29, 0.717) is 12.8 Å². The molecule has 0 aromatic carbocycles. The van der Waals surface area contributed by atoms with E-state index in [2.05, 4.69) is 0 Å². The molecule has 148 valence electrons. The molecule has 2 aliphatic rings. The van der Waals surface area contributed by atoms with E-state index in [0.717, 1.165) is 0 Å². The van der Waals surface area contributed by atoms with Crippen LogP contribution in [0.2, 0.25) is 0 Å². The zero-order valence-electron chi connectivity index (χ0n) is 16.6. The van der Waals surface area contributed by atoms with Crippen molar-refractivity contribution in [2.75, 3.05) is 14.2 Å². The van der Waals surface area contributed by atoms with Crippen LogP contribution in [0.25, 0.3) is 0 Å². The van der Waals surface area contributed by atoms with Crippen molar-refractivity contribution in [2.45, 2.75) is 59.2 Å². The molecule has 2 saturated carbocycles. The van der Waals surface area contributed by atoms with E-state index in [-0.39, 0.29) is 5.92 Å². The van der Waals surface area contributed by atoms with E-state index in [1.54, 1.807) is 13.8 Å². The van der Waals surface area contributed by atoms with Crippen molar-refractivity contribution in [3.63, 3.8) is 0 Å². The molecule has 0 unspecified atom stereocenters. The smallest absolute Gasteiger partial charge is 0.314 e. The molecular weight excluding hydrogens is 340 g/mol. The molecule has 0 amide bonds. The molecule has 6 atom stereocenters. The van der Waals surface area contributed by atoms with Crippen LogP contribution in [0.15, 0.2) is 0 Å². The van der Waals surface area contributed by atoms with Gasteiger partial charge in [0.15, 0.2) is 0 Å². The summed E-state index contributed by atoms with van der Waals surface area (Å²) in [4.78, 5) is 37.0. The van der Waals surface area contributed by atoms with Crippen LogP contribution in [0.4, 0.5) is 0 Å². The van der Waals surface area contributed by atoms with Gasteiger partial charge in [-0.2, -0.15) is 0 Å². The predicted molar refractivity (Wildman–Crippen MR) is 91.8 cm³/mol. The highest BCUT2D eigenvalue weighted by Gasteiger charge is 2.76. The van der Waals surface area contributed by atoms with Gasteiger partial charge in [-0.25, -0.2) is 0 Å². The first-order valence-electron chi connectivity index (χ1n) is 8.92. The molecule has 2 rings (SSSR count). The second kappa shape index (κ2) is 6.51. The number of hydrogen-bond donors (Lipinski definition) is 1. The topological polar surface area (TPSA) is 99.1 Å². The number of carbonyl (C=O) groups excluding carboxylic acids is 3. The number of esters is 3. The SMILES string of the molecule is COC(=O)[C@H]1[C@H](C)C[C@H](OC(C)=O)[C@H]2C(C)(C)C[C@](C)(C(=O)OC)[C@@]12O. The summed E-state index contributed by atoms with van der Waals surface area (Å²) in [7, 11) is 2.53. The van der Waals surface area contributed by atoms with Crippen LogP contribution in [-0.2, 0) is 28.6 Å². The fraction of sp³-hybridized carbons (Fsp3) is 0.842. The first-order valence-corrected chi connectivity index (χ1v) is 8.92. The van der Waals surface area contributed by atoms with Gasteiger partial charge in [0.1, 0.15) is 11.7 Å². The molecule has 0 aromatic rings. The first kappa shape index (κ1) is 20.7. The van der Waals surface area contributed by atoms with Crippen molar-refractivity contribution < 1.29 is 33.7 Å². The fourth-order valence-corrected chi connectivity index (χ4v) is 5.83. The molecule has 0 saturated heterocycles. The Hall–Kier alpha value is -1.63. The Bertz CT molecular complexity index is 613. The molecule has 0 aromatic heterocycles. The van der Waals surface area contributed by atoms with Gasteiger partial charge < -0.3 is 19.3 Å². The molecule has 0 spiro atoms. The second-order valence-corrected chi connectivity index (χ2v) is 8.65. The Balaban J connectivity index is 2.71. The molecule has 0 heterocycles. The molecule has 0 radical (unpaired) electrons. The first-order chi connectivity index (χ1) is 11.9. The second-order valence-electron chi connectivity index (χ2n) is 8.65. The molecule has 1 N–H and O–H groups in total. The van der Waals surface area contributed by atoms with E-state index in [9.17, 15) is 19.5 Å². The average molecular weight is 370 g/mol. The summed E-state index contributed by atoms with van der Waals surface area (Å²) in [5, 5.41) is 12.0. The van der Waals surface area contributed by atoms with Crippen LogP contribution in [-0.4, -0.2) is 48.9 Å². The van der Waals surface area contributed by atoms with Crippen LogP contribution in [0, 0.1) is 28.6 Å². The van der Waals surface area contributed by atoms with Gasteiger partial charge in [-0.15, -0.1) is 0 Å². The quantitative estimate of drug-likeness (QED) is 0.596. The van der Waals surface area contributed by atoms with Crippen molar-refractivity contribution in [1.82, 2.24) is 0 Å². The van der Waals surface area contributed by atoms with Gasteiger partial charge in [0, 0.05) is 12.8 Å². The highest BCUT2D eigenvalue weighted by Crippen LogP contribution is 2.67. The number of rotatable bonds is 3. The Morgan fingerprint density at radius 3 is 2.12 bits per heavy atom. The third-order valence-corrected chi connectivity index (χ3v) is 6.44. The van der Waals surface area contributed by atoms with Crippen LogP contribution in [0.1, 0.15) is 47.5 Å². The maximum Gasteiger partial charge on any atom is 0.314 e. The van der Waals surface area contributed by atoms with Gasteiger partial charge in [-0.3, -0.25) is 14.4 Å². The summed E-state index contributed by atoms with van der Waals surface area (Å²) >= 11 is 0. The molecule has 26 heavy (non-hydrogen) atoms. The van der Waals surface area contributed by atoms with Gasteiger partial charge >= 0.3 is 17.9 Å². The Labute approximate surface area is 154 Å². The Morgan fingerprint density at radius 2 is 1.65 bits per heavy atom. The van der Waals surface area contributed by atoms with Crippen molar-refractivity contribution in [1.29, 1.82) is 0 Å². The monoisotopic (exact) mass is 370 g/mol. The summed E-state index contributed by atoms with van der Waals surface area (Å²) in [6.45, 7) is 8.57. The Morgan fingerprint density at radius 1 is 1.08 bits per heavy atom. The Kier molecular flexibility index (Phi) is 5.18. The van der Waals surface area contributed by atoms with Crippen LogP contribution in [0.5, 0.6) is 0 Å². The summed E-state index contributed by atoms with van der Waals surface area (Å²) in [5.74, 6) is -3.48.